The minimum atomic E-state index is -0.735. The molecule has 0 aliphatic rings. The number of oxazole rings is 1. The average molecular weight is 330 g/mol. The van der Waals surface area contributed by atoms with Gasteiger partial charge in [0, 0.05) is 11.6 Å². The maximum atomic E-state index is 13.1. The molecule has 6 nitrogen and oxygen atoms in total. The number of amides is 1. The zero-order valence-electron chi connectivity index (χ0n) is 14.4. The fraction of sp³-hybridized carbons (Fsp3) is 0.389. The van der Waals surface area contributed by atoms with Gasteiger partial charge in [0.1, 0.15) is 11.8 Å². The molecule has 128 valence electrons. The van der Waals surface area contributed by atoms with Gasteiger partial charge in [0.25, 0.3) is 5.91 Å². The molecule has 0 saturated heterocycles. The predicted octanol–water partition coefficient (Wildman–Crippen LogP) is 3.40. The van der Waals surface area contributed by atoms with Gasteiger partial charge in [-0.15, -0.1) is 0 Å². The Morgan fingerprint density at radius 3 is 2.46 bits per heavy atom. The van der Waals surface area contributed by atoms with Gasteiger partial charge in [0.2, 0.25) is 0 Å². The van der Waals surface area contributed by atoms with Gasteiger partial charge in [-0.2, -0.15) is 0 Å². The Hall–Kier alpha value is -2.63. The number of carbonyl (C=O) groups is 2. The van der Waals surface area contributed by atoms with Gasteiger partial charge in [-0.1, -0.05) is 39.0 Å². The number of ether oxygens (including phenoxy) is 1. The number of carbonyl (C=O) groups excluding carboxylic acids is 2. The molecule has 0 bridgehead atoms. The summed E-state index contributed by atoms with van der Waals surface area (Å²) in [5, 5.41) is 0. The molecule has 0 radical (unpaired) electrons. The van der Waals surface area contributed by atoms with Crippen molar-refractivity contribution < 1.29 is 18.7 Å². The third kappa shape index (κ3) is 3.48. The van der Waals surface area contributed by atoms with E-state index >= 15 is 0 Å². The van der Waals surface area contributed by atoms with Gasteiger partial charge in [0.05, 0.1) is 7.11 Å². The molecule has 0 aliphatic carbocycles. The summed E-state index contributed by atoms with van der Waals surface area (Å²) < 4.78 is 10.2. The van der Waals surface area contributed by atoms with Crippen LogP contribution in [0.25, 0.3) is 0 Å². The first kappa shape index (κ1) is 17.7. The first-order valence-electron chi connectivity index (χ1n) is 7.91. The van der Waals surface area contributed by atoms with Crippen molar-refractivity contribution in [1.82, 2.24) is 4.98 Å². The summed E-state index contributed by atoms with van der Waals surface area (Å²) >= 11 is 0. The van der Waals surface area contributed by atoms with E-state index in [2.05, 4.69) is 4.98 Å². The van der Waals surface area contributed by atoms with Gasteiger partial charge in [0.15, 0.2) is 12.1 Å². The molecule has 2 rings (SSSR count). The highest BCUT2D eigenvalue weighted by atomic mass is 16.5. The second-order valence-electron chi connectivity index (χ2n) is 5.68. The maximum Gasteiger partial charge on any atom is 0.328 e. The topological polar surface area (TPSA) is 72.6 Å². The minimum Gasteiger partial charge on any atom is -0.467 e. The number of hydrogen-bond donors (Lipinski definition) is 0. The molecule has 0 fully saturated rings. The zero-order valence-corrected chi connectivity index (χ0v) is 14.4. The number of aromatic nitrogens is 1. The lowest BCUT2D eigenvalue weighted by atomic mass is 10.1. The van der Waals surface area contributed by atoms with E-state index in [1.54, 1.807) is 12.1 Å². The molecule has 0 aliphatic heterocycles. The number of methoxy groups -OCH3 is 1. The molecular weight excluding hydrogens is 308 g/mol. The molecule has 0 N–H and O–H groups in total. The van der Waals surface area contributed by atoms with E-state index < -0.39 is 12.0 Å². The van der Waals surface area contributed by atoms with Crippen molar-refractivity contribution in [3.63, 3.8) is 0 Å². The second kappa shape index (κ2) is 7.77. The van der Waals surface area contributed by atoms with Crippen molar-refractivity contribution in [3.05, 3.63) is 48.2 Å². The predicted molar refractivity (Wildman–Crippen MR) is 89.9 cm³/mol. The fourth-order valence-corrected chi connectivity index (χ4v) is 2.56. The highest BCUT2D eigenvalue weighted by Gasteiger charge is 2.34. The lowest BCUT2D eigenvalue weighted by molar-refractivity contribution is -0.142. The number of benzene rings is 1. The number of anilines is 1. The van der Waals surface area contributed by atoms with Crippen LogP contribution in [0.15, 0.2) is 41.1 Å². The smallest absolute Gasteiger partial charge is 0.328 e. The summed E-state index contributed by atoms with van der Waals surface area (Å²) in [4.78, 5) is 30.8. The number of hydrogen-bond acceptors (Lipinski definition) is 5. The first-order valence-corrected chi connectivity index (χ1v) is 7.91. The van der Waals surface area contributed by atoms with Crippen LogP contribution < -0.4 is 4.90 Å². The van der Waals surface area contributed by atoms with E-state index in [1.165, 1.54) is 18.4 Å². The van der Waals surface area contributed by atoms with Gasteiger partial charge in [-0.05, 0) is 18.6 Å². The number of rotatable bonds is 6. The molecule has 1 amide bonds. The SMILES string of the molecule is CC[C@H](C(=O)OC)N(C(=O)c1ncoc1C(C)C)c1ccccc1. The fourth-order valence-electron chi connectivity index (χ4n) is 2.56. The molecular formula is C18H22N2O4. The number of para-hydroxylation sites is 1. The monoisotopic (exact) mass is 330 g/mol. The van der Waals surface area contributed by atoms with Crippen LogP contribution >= 0.6 is 0 Å². The van der Waals surface area contributed by atoms with E-state index in [1.807, 2.05) is 39.0 Å². The molecule has 1 atom stereocenters. The van der Waals surface area contributed by atoms with Crippen LogP contribution in [0, 0.1) is 0 Å². The van der Waals surface area contributed by atoms with Crippen LogP contribution in [0.4, 0.5) is 5.69 Å². The Morgan fingerprint density at radius 1 is 1.25 bits per heavy atom. The van der Waals surface area contributed by atoms with Crippen LogP contribution in [-0.4, -0.2) is 30.0 Å². The Kier molecular flexibility index (Phi) is 5.73. The highest BCUT2D eigenvalue weighted by Crippen LogP contribution is 2.25. The van der Waals surface area contributed by atoms with E-state index in [9.17, 15) is 9.59 Å². The van der Waals surface area contributed by atoms with Crippen molar-refractivity contribution >= 4 is 17.6 Å². The lowest BCUT2D eigenvalue weighted by Gasteiger charge is -2.29. The summed E-state index contributed by atoms with van der Waals surface area (Å²) in [6.45, 7) is 5.67. The van der Waals surface area contributed by atoms with Crippen molar-refractivity contribution in [3.8, 4) is 0 Å². The van der Waals surface area contributed by atoms with Crippen LogP contribution in [0.3, 0.4) is 0 Å². The summed E-state index contributed by atoms with van der Waals surface area (Å²) in [6, 6.07) is 8.29. The quantitative estimate of drug-likeness (QED) is 0.759. The van der Waals surface area contributed by atoms with E-state index in [4.69, 9.17) is 9.15 Å². The Labute approximate surface area is 141 Å². The van der Waals surface area contributed by atoms with Crippen LogP contribution in [0.1, 0.15) is 49.4 Å². The third-order valence-electron chi connectivity index (χ3n) is 3.75. The average Bonchev–Trinajstić information content (AvgIpc) is 3.09. The normalized spacial score (nSPS) is 12.0. The molecule has 6 heteroatoms. The molecule has 2 aromatic rings. The summed E-state index contributed by atoms with van der Waals surface area (Å²) in [5.74, 6) is -0.344. The zero-order chi connectivity index (χ0) is 17.7. The lowest BCUT2D eigenvalue weighted by Crippen LogP contribution is -2.46. The molecule has 0 spiro atoms. The van der Waals surface area contributed by atoms with Gasteiger partial charge >= 0.3 is 5.97 Å². The van der Waals surface area contributed by atoms with E-state index in [-0.39, 0.29) is 17.5 Å². The van der Waals surface area contributed by atoms with E-state index in [0.29, 0.717) is 17.9 Å². The standard InChI is InChI=1S/C18H22N2O4/c1-5-14(18(22)23-4)20(13-9-7-6-8-10-13)17(21)15-16(12(2)3)24-11-19-15/h6-12,14H,5H2,1-4H3/t14-/m1/s1. The van der Waals surface area contributed by atoms with Crippen LogP contribution in [0.5, 0.6) is 0 Å². The summed E-state index contributed by atoms with van der Waals surface area (Å²) in [6.07, 6.45) is 1.67. The third-order valence-corrected chi connectivity index (χ3v) is 3.75. The maximum absolute atomic E-state index is 13.1. The highest BCUT2D eigenvalue weighted by molar-refractivity contribution is 6.08. The Balaban J connectivity index is 2.51. The Morgan fingerprint density at radius 2 is 1.92 bits per heavy atom. The van der Waals surface area contributed by atoms with Crippen molar-refractivity contribution in [1.29, 1.82) is 0 Å². The molecule has 1 aromatic carbocycles. The van der Waals surface area contributed by atoms with Crippen LogP contribution in [0.2, 0.25) is 0 Å². The van der Waals surface area contributed by atoms with Crippen molar-refractivity contribution in [2.45, 2.75) is 39.2 Å². The van der Waals surface area contributed by atoms with Gasteiger partial charge < -0.3 is 9.15 Å². The Bertz CT molecular complexity index is 694. The molecule has 0 saturated carbocycles. The largest absolute Gasteiger partial charge is 0.467 e. The second-order valence-corrected chi connectivity index (χ2v) is 5.68. The summed E-state index contributed by atoms with van der Waals surface area (Å²) in [7, 11) is 1.31. The molecule has 1 aromatic heterocycles. The molecule has 1 heterocycles. The van der Waals surface area contributed by atoms with Gasteiger partial charge in [-0.25, -0.2) is 9.78 Å². The van der Waals surface area contributed by atoms with Crippen LogP contribution in [-0.2, 0) is 9.53 Å². The van der Waals surface area contributed by atoms with Crippen molar-refractivity contribution in [2.24, 2.45) is 0 Å². The molecule has 0 unspecified atom stereocenters. The van der Waals surface area contributed by atoms with Crippen molar-refractivity contribution in [2.75, 3.05) is 12.0 Å². The van der Waals surface area contributed by atoms with Gasteiger partial charge in [-0.3, -0.25) is 9.69 Å². The minimum absolute atomic E-state index is 0.00211. The number of esters is 1. The van der Waals surface area contributed by atoms with E-state index in [0.717, 1.165) is 0 Å². The molecule has 24 heavy (non-hydrogen) atoms. The first-order chi connectivity index (χ1) is 11.5. The summed E-state index contributed by atoms with van der Waals surface area (Å²) in [5.41, 5.74) is 0.827. The number of nitrogens with zero attached hydrogens (tertiary/aromatic N) is 2.